The van der Waals surface area contributed by atoms with Crippen molar-refractivity contribution in [1.29, 1.82) is 0 Å². The number of halogens is 1. The van der Waals surface area contributed by atoms with Crippen LogP contribution in [0.25, 0.3) is 0 Å². The first-order chi connectivity index (χ1) is 10.0. The average molecular weight is 356 g/mol. The average Bonchev–Trinajstić information content (AvgIpc) is 2.49. The minimum atomic E-state index is -0.340. The largest absolute Gasteiger partial charge is 0.303 e. The summed E-state index contributed by atoms with van der Waals surface area (Å²) in [6, 6.07) is 5.95. The molecule has 1 aliphatic rings. The van der Waals surface area contributed by atoms with Crippen molar-refractivity contribution >= 4 is 21.6 Å². The fraction of sp³-hybridized carbons (Fsp3) is 0.600. The maximum Gasteiger partial charge on any atom is 0.283 e. The SMILES string of the molecule is CCN1CCC(N(C)Cc2ccc(Br)c([N+](=O)[O-])c2)CC1. The molecule has 2 rings (SSSR count). The third-order valence-corrected chi connectivity index (χ3v) is 4.94. The van der Waals surface area contributed by atoms with Crippen molar-refractivity contribution in [2.24, 2.45) is 0 Å². The van der Waals surface area contributed by atoms with Crippen LogP contribution in [0.5, 0.6) is 0 Å². The second-order valence-electron chi connectivity index (χ2n) is 5.62. The molecule has 6 heteroatoms. The molecule has 5 nitrogen and oxygen atoms in total. The van der Waals surface area contributed by atoms with Crippen LogP contribution in [-0.4, -0.2) is 47.4 Å². The first kappa shape index (κ1) is 16.4. The third-order valence-electron chi connectivity index (χ3n) is 4.27. The summed E-state index contributed by atoms with van der Waals surface area (Å²) < 4.78 is 0.537. The standard InChI is InChI=1S/C15H22BrN3O2/c1-3-18-8-6-13(7-9-18)17(2)11-12-4-5-14(16)15(10-12)19(20)21/h4-5,10,13H,3,6-9,11H2,1-2H3. The summed E-state index contributed by atoms with van der Waals surface area (Å²) >= 11 is 3.23. The Morgan fingerprint density at radius 2 is 2.10 bits per heavy atom. The number of nitrogens with zero attached hydrogens (tertiary/aromatic N) is 3. The van der Waals surface area contributed by atoms with Gasteiger partial charge in [0.25, 0.3) is 5.69 Å². The van der Waals surface area contributed by atoms with E-state index < -0.39 is 0 Å². The van der Waals surface area contributed by atoms with Crippen molar-refractivity contribution in [3.05, 3.63) is 38.3 Å². The van der Waals surface area contributed by atoms with E-state index in [0.717, 1.165) is 31.7 Å². The summed E-state index contributed by atoms with van der Waals surface area (Å²) in [6.07, 6.45) is 2.34. The molecule has 21 heavy (non-hydrogen) atoms. The highest BCUT2D eigenvalue weighted by Gasteiger charge is 2.22. The molecule has 0 aromatic heterocycles. The zero-order chi connectivity index (χ0) is 15.4. The predicted molar refractivity (Wildman–Crippen MR) is 87.4 cm³/mol. The lowest BCUT2D eigenvalue weighted by Crippen LogP contribution is -2.42. The van der Waals surface area contributed by atoms with E-state index in [1.165, 1.54) is 12.8 Å². The molecule has 1 saturated heterocycles. The van der Waals surface area contributed by atoms with Crippen LogP contribution < -0.4 is 0 Å². The van der Waals surface area contributed by atoms with E-state index in [1.54, 1.807) is 12.1 Å². The van der Waals surface area contributed by atoms with Crippen molar-refractivity contribution < 1.29 is 4.92 Å². The van der Waals surface area contributed by atoms with E-state index >= 15 is 0 Å². The van der Waals surface area contributed by atoms with Gasteiger partial charge < -0.3 is 4.90 Å². The molecule has 0 unspecified atom stereocenters. The van der Waals surface area contributed by atoms with Crippen LogP contribution >= 0.6 is 15.9 Å². The maximum atomic E-state index is 11.0. The minimum Gasteiger partial charge on any atom is -0.303 e. The van der Waals surface area contributed by atoms with Gasteiger partial charge in [0.1, 0.15) is 0 Å². The lowest BCUT2D eigenvalue weighted by atomic mass is 10.0. The van der Waals surface area contributed by atoms with Crippen molar-refractivity contribution in [3.63, 3.8) is 0 Å². The lowest BCUT2D eigenvalue weighted by Gasteiger charge is -2.36. The van der Waals surface area contributed by atoms with Gasteiger partial charge in [-0.15, -0.1) is 0 Å². The van der Waals surface area contributed by atoms with Gasteiger partial charge in [0.05, 0.1) is 9.40 Å². The fourth-order valence-corrected chi connectivity index (χ4v) is 3.28. The Morgan fingerprint density at radius 1 is 1.43 bits per heavy atom. The summed E-state index contributed by atoms with van der Waals surface area (Å²) in [7, 11) is 2.11. The minimum absolute atomic E-state index is 0.140. The molecule has 0 saturated carbocycles. The van der Waals surface area contributed by atoms with Crippen LogP contribution in [0.3, 0.4) is 0 Å². The molecule has 1 aromatic carbocycles. The molecule has 1 aliphatic heterocycles. The first-order valence-electron chi connectivity index (χ1n) is 7.36. The topological polar surface area (TPSA) is 49.6 Å². The number of nitro groups is 1. The van der Waals surface area contributed by atoms with Gasteiger partial charge in [0.2, 0.25) is 0 Å². The highest BCUT2D eigenvalue weighted by Crippen LogP contribution is 2.26. The second kappa shape index (κ2) is 7.33. The summed E-state index contributed by atoms with van der Waals surface area (Å²) in [5.41, 5.74) is 1.13. The van der Waals surface area contributed by atoms with Gasteiger partial charge >= 0.3 is 0 Å². The van der Waals surface area contributed by atoms with Gasteiger partial charge in [-0.1, -0.05) is 13.0 Å². The number of piperidine rings is 1. The summed E-state index contributed by atoms with van der Waals surface area (Å²) in [5.74, 6) is 0. The van der Waals surface area contributed by atoms with E-state index in [9.17, 15) is 10.1 Å². The van der Waals surface area contributed by atoms with Crippen molar-refractivity contribution in [2.75, 3.05) is 26.7 Å². The first-order valence-corrected chi connectivity index (χ1v) is 8.16. The Bertz CT molecular complexity index is 502. The van der Waals surface area contributed by atoms with E-state index in [4.69, 9.17) is 0 Å². The van der Waals surface area contributed by atoms with Crippen molar-refractivity contribution in [1.82, 2.24) is 9.80 Å². The van der Waals surface area contributed by atoms with Crippen LogP contribution in [0.15, 0.2) is 22.7 Å². The fourth-order valence-electron chi connectivity index (χ4n) is 2.89. The third kappa shape index (κ3) is 4.25. The van der Waals surface area contributed by atoms with Gasteiger partial charge in [-0.3, -0.25) is 15.0 Å². The monoisotopic (exact) mass is 355 g/mol. The molecule has 1 heterocycles. The van der Waals surface area contributed by atoms with Crippen molar-refractivity contribution in [2.45, 2.75) is 32.4 Å². The smallest absolute Gasteiger partial charge is 0.283 e. The Labute approximate surface area is 134 Å². The summed E-state index contributed by atoms with van der Waals surface area (Å²) in [4.78, 5) is 15.4. The maximum absolute atomic E-state index is 11.0. The van der Waals surface area contributed by atoms with Crippen LogP contribution in [0, 0.1) is 10.1 Å². The molecule has 1 fully saturated rings. The molecular formula is C15H22BrN3O2. The molecule has 0 spiro atoms. The summed E-state index contributed by atoms with van der Waals surface area (Å²) in [5, 5.41) is 11.0. The number of benzene rings is 1. The zero-order valence-corrected chi connectivity index (χ0v) is 14.2. The zero-order valence-electron chi connectivity index (χ0n) is 12.6. The van der Waals surface area contributed by atoms with Crippen molar-refractivity contribution in [3.8, 4) is 0 Å². The highest BCUT2D eigenvalue weighted by atomic mass is 79.9. The van der Waals surface area contributed by atoms with Gasteiger partial charge in [0.15, 0.2) is 0 Å². The Balaban J connectivity index is 1.98. The predicted octanol–water partition coefficient (Wildman–Crippen LogP) is 3.27. The summed E-state index contributed by atoms with van der Waals surface area (Å²) in [6.45, 7) is 6.36. The molecule has 0 radical (unpaired) electrons. The number of hydrogen-bond acceptors (Lipinski definition) is 4. The van der Waals surface area contributed by atoms with E-state index in [2.05, 4.69) is 39.7 Å². The number of likely N-dealkylation sites (tertiary alicyclic amines) is 1. The van der Waals surface area contributed by atoms with Gasteiger partial charge in [-0.05, 0) is 67.1 Å². The quantitative estimate of drug-likeness (QED) is 0.600. The highest BCUT2D eigenvalue weighted by molar-refractivity contribution is 9.10. The van der Waals surface area contributed by atoms with E-state index in [1.807, 2.05) is 6.07 Å². The molecule has 0 amide bonds. The van der Waals surface area contributed by atoms with Crippen LogP contribution in [0.4, 0.5) is 5.69 Å². The molecular weight excluding hydrogens is 334 g/mol. The van der Waals surface area contributed by atoms with E-state index in [-0.39, 0.29) is 10.6 Å². The number of hydrogen-bond donors (Lipinski definition) is 0. The Hall–Kier alpha value is -0.980. The Morgan fingerprint density at radius 3 is 2.67 bits per heavy atom. The normalized spacial score (nSPS) is 17.3. The molecule has 0 N–H and O–H groups in total. The lowest BCUT2D eigenvalue weighted by molar-refractivity contribution is -0.385. The van der Waals surface area contributed by atoms with Crippen LogP contribution in [-0.2, 0) is 6.54 Å². The van der Waals surface area contributed by atoms with Gasteiger partial charge in [-0.25, -0.2) is 0 Å². The van der Waals surface area contributed by atoms with E-state index in [0.29, 0.717) is 10.5 Å². The van der Waals surface area contributed by atoms with Gasteiger partial charge in [0, 0.05) is 18.7 Å². The Kier molecular flexibility index (Phi) is 5.72. The molecule has 0 atom stereocenters. The van der Waals surface area contributed by atoms with Gasteiger partial charge in [-0.2, -0.15) is 0 Å². The molecule has 116 valence electrons. The van der Waals surface area contributed by atoms with Crippen LogP contribution in [0.1, 0.15) is 25.3 Å². The molecule has 0 aliphatic carbocycles. The second-order valence-corrected chi connectivity index (χ2v) is 6.48. The number of rotatable bonds is 5. The molecule has 1 aromatic rings. The van der Waals surface area contributed by atoms with Crippen LogP contribution in [0.2, 0.25) is 0 Å². The molecule has 0 bridgehead atoms. The number of nitro benzene ring substituents is 1.